The number of carbonyl (C=O) groups excluding carboxylic acids is 3. The van der Waals surface area contributed by atoms with Crippen molar-refractivity contribution < 1.29 is 24.3 Å². The second-order valence-corrected chi connectivity index (χ2v) is 7.63. The topological polar surface area (TPSA) is 104 Å². The molecule has 2 N–H and O–H groups in total. The van der Waals surface area contributed by atoms with Gasteiger partial charge >= 0.3 is 5.97 Å². The van der Waals surface area contributed by atoms with Gasteiger partial charge in [-0.3, -0.25) is 14.4 Å². The van der Waals surface area contributed by atoms with Gasteiger partial charge in [-0.1, -0.05) is 49.0 Å². The van der Waals surface area contributed by atoms with Gasteiger partial charge < -0.3 is 15.3 Å². The summed E-state index contributed by atoms with van der Waals surface area (Å²) >= 11 is 0.978. The summed E-state index contributed by atoms with van der Waals surface area (Å²) in [6.45, 7) is 3.46. The predicted octanol–water partition coefficient (Wildman–Crippen LogP) is 1.84. The number of rotatable bonds is 7. The average molecular weight is 392 g/mol. The van der Waals surface area contributed by atoms with E-state index in [1.807, 2.05) is 6.07 Å². The average Bonchev–Trinajstić information content (AvgIpc) is 3.14. The Kier molecular flexibility index (Phi) is 7.41. The highest BCUT2D eigenvalue weighted by molar-refractivity contribution is 8.13. The van der Waals surface area contributed by atoms with Gasteiger partial charge in [0, 0.05) is 25.1 Å². The number of nitrogens with one attached hydrogen (secondary N) is 1. The van der Waals surface area contributed by atoms with Gasteiger partial charge in [0.25, 0.3) is 0 Å². The molecule has 0 spiro atoms. The molecular formula is C19H24N2O5S. The predicted molar refractivity (Wildman–Crippen MR) is 102 cm³/mol. The lowest BCUT2D eigenvalue weighted by Gasteiger charge is -2.25. The van der Waals surface area contributed by atoms with Crippen molar-refractivity contribution in [2.75, 3.05) is 12.3 Å². The van der Waals surface area contributed by atoms with Crippen molar-refractivity contribution in [3.8, 4) is 0 Å². The monoisotopic (exact) mass is 392 g/mol. The molecule has 1 saturated heterocycles. The number of thioether (sulfide) groups is 1. The van der Waals surface area contributed by atoms with Crippen molar-refractivity contribution in [3.05, 3.63) is 35.9 Å². The van der Waals surface area contributed by atoms with Crippen LogP contribution in [0.3, 0.4) is 0 Å². The summed E-state index contributed by atoms with van der Waals surface area (Å²) in [5, 5.41) is 11.6. The molecule has 1 aromatic rings. The number of carboxylic acid groups (broad SMARTS) is 1. The maximum atomic E-state index is 12.6. The lowest BCUT2D eigenvalue weighted by atomic mass is 10.1. The number of hydrogen-bond acceptors (Lipinski definition) is 5. The van der Waals surface area contributed by atoms with Gasteiger partial charge in [0.15, 0.2) is 0 Å². The molecule has 0 aliphatic carbocycles. The third kappa shape index (κ3) is 5.56. The molecule has 0 aromatic heterocycles. The maximum Gasteiger partial charge on any atom is 0.326 e. The molecule has 7 nitrogen and oxygen atoms in total. The second kappa shape index (κ2) is 9.55. The van der Waals surface area contributed by atoms with Crippen LogP contribution in [0.2, 0.25) is 0 Å². The zero-order valence-corrected chi connectivity index (χ0v) is 16.2. The lowest BCUT2D eigenvalue weighted by Crippen LogP contribution is -2.43. The van der Waals surface area contributed by atoms with Crippen LogP contribution < -0.4 is 5.32 Å². The Morgan fingerprint density at radius 1 is 1.26 bits per heavy atom. The van der Waals surface area contributed by atoms with Crippen LogP contribution >= 0.6 is 11.8 Å². The highest BCUT2D eigenvalue weighted by atomic mass is 32.2. The van der Waals surface area contributed by atoms with Gasteiger partial charge in [-0.15, -0.1) is 0 Å². The zero-order chi connectivity index (χ0) is 20.0. The molecule has 2 amide bonds. The minimum absolute atomic E-state index is 0.226. The molecule has 0 unspecified atom stereocenters. The summed E-state index contributed by atoms with van der Waals surface area (Å²) in [4.78, 5) is 49.3. The number of hydrogen-bond donors (Lipinski definition) is 2. The van der Waals surface area contributed by atoms with Crippen LogP contribution in [0.5, 0.6) is 0 Å². The summed E-state index contributed by atoms with van der Waals surface area (Å²) < 4.78 is 0. The first-order chi connectivity index (χ1) is 12.8. The molecule has 0 radical (unpaired) electrons. The minimum Gasteiger partial charge on any atom is -0.480 e. The Balaban J connectivity index is 1.98. The quantitative estimate of drug-likeness (QED) is 0.734. The Morgan fingerprint density at radius 3 is 2.52 bits per heavy atom. The Hall–Kier alpha value is -2.35. The molecule has 1 aliphatic rings. The van der Waals surface area contributed by atoms with Gasteiger partial charge in [0.2, 0.25) is 16.9 Å². The van der Waals surface area contributed by atoms with Crippen LogP contribution in [0, 0.1) is 5.92 Å². The van der Waals surface area contributed by atoms with E-state index >= 15 is 0 Å². The Morgan fingerprint density at radius 2 is 1.93 bits per heavy atom. The standard InChI is InChI=1S/C19H24N2O5S/c1-12(17(23)21-10-6-9-15(21)18(24)25)11-27-19(26)16(20-13(2)22)14-7-4-3-5-8-14/h3-5,7-8,12,15-16H,6,9-11H2,1-2H3,(H,20,22)(H,24,25)/t12-,15-,16-/m0/s1. The molecule has 27 heavy (non-hydrogen) atoms. The SMILES string of the molecule is CC(=O)N[C@H](C(=O)SC[C@H](C)C(=O)N1CCC[C@H]1C(=O)O)c1ccccc1. The number of amides is 2. The highest BCUT2D eigenvalue weighted by Crippen LogP contribution is 2.25. The maximum absolute atomic E-state index is 12.6. The van der Waals surface area contributed by atoms with Crippen LogP contribution in [-0.2, 0) is 19.2 Å². The first kappa shape index (κ1) is 21.0. The van der Waals surface area contributed by atoms with Gasteiger partial charge in [-0.05, 0) is 18.4 Å². The smallest absolute Gasteiger partial charge is 0.326 e. The normalized spacial score (nSPS) is 18.6. The Labute approximate surface area is 162 Å². The molecule has 8 heteroatoms. The number of carboxylic acids is 1. The number of carbonyl (C=O) groups is 4. The van der Waals surface area contributed by atoms with Crippen molar-refractivity contribution >= 4 is 34.7 Å². The molecule has 146 valence electrons. The fraction of sp³-hybridized carbons (Fsp3) is 0.474. The summed E-state index contributed by atoms with van der Waals surface area (Å²) in [5.41, 5.74) is 0.676. The fourth-order valence-corrected chi connectivity index (χ4v) is 3.98. The van der Waals surface area contributed by atoms with Gasteiger partial charge in [0.1, 0.15) is 12.1 Å². The fourth-order valence-electron chi connectivity index (χ4n) is 3.06. The lowest BCUT2D eigenvalue weighted by molar-refractivity contribution is -0.149. The molecule has 1 aliphatic heterocycles. The summed E-state index contributed by atoms with van der Waals surface area (Å²) in [6.07, 6.45) is 1.12. The van der Waals surface area contributed by atoms with Crippen molar-refractivity contribution in [1.82, 2.24) is 10.2 Å². The van der Waals surface area contributed by atoms with E-state index in [-0.39, 0.29) is 22.7 Å². The molecule has 1 aromatic carbocycles. The molecular weight excluding hydrogens is 368 g/mol. The van der Waals surface area contributed by atoms with Crippen LogP contribution in [0.4, 0.5) is 0 Å². The number of aliphatic carboxylic acids is 1. The largest absolute Gasteiger partial charge is 0.480 e. The van der Waals surface area contributed by atoms with Crippen LogP contribution in [0.15, 0.2) is 30.3 Å². The van der Waals surface area contributed by atoms with Gasteiger partial charge in [-0.2, -0.15) is 0 Å². The molecule has 1 fully saturated rings. The van der Waals surface area contributed by atoms with E-state index in [0.29, 0.717) is 24.9 Å². The minimum atomic E-state index is -0.994. The second-order valence-electron chi connectivity index (χ2n) is 6.60. The van der Waals surface area contributed by atoms with Crippen molar-refractivity contribution in [3.63, 3.8) is 0 Å². The van der Waals surface area contributed by atoms with E-state index in [1.165, 1.54) is 11.8 Å². The first-order valence-electron chi connectivity index (χ1n) is 8.83. The van der Waals surface area contributed by atoms with E-state index in [1.54, 1.807) is 31.2 Å². The molecule has 2 rings (SSSR count). The third-order valence-corrected chi connectivity index (χ3v) is 5.62. The highest BCUT2D eigenvalue weighted by Gasteiger charge is 2.36. The number of benzene rings is 1. The van der Waals surface area contributed by atoms with E-state index in [4.69, 9.17) is 0 Å². The van der Waals surface area contributed by atoms with E-state index < -0.39 is 24.0 Å². The summed E-state index contributed by atoms with van der Waals surface area (Å²) in [6, 6.07) is 7.35. The number of likely N-dealkylation sites (tertiary alicyclic amines) is 1. The van der Waals surface area contributed by atoms with E-state index in [9.17, 15) is 24.3 Å². The van der Waals surface area contributed by atoms with Crippen molar-refractivity contribution in [1.29, 1.82) is 0 Å². The van der Waals surface area contributed by atoms with Crippen LogP contribution in [-0.4, -0.2) is 51.2 Å². The summed E-state index contributed by atoms with van der Waals surface area (Å²) in [5.74, 6) is -1.83. The molecule has 0 saturated carbocycles. The van der Waals surface area contributed by atoms with Gasteiger partial charge in [0.05, 0.1) is 0 Å². The van der Waals surface area contributed by atoms with Gasteiger partial charge in [-0.25, -0.2) is 4.79 Å². The molecule has 0 bridgehead atoms. The zero-order valence-electron chi connectivity index (χ0n) is 15.4. The summed E-state index contributed by atoms with van der Waals surface area (Å²) in [7, 11) is 0. The van der Waals surface area contributed by atoms with Crippen molar-refractivity contribution in [2.45, 2.75) is 38.8 Å². The van der Waals surface area contributed by atoms with E-state index in [0.717, 1.165) is 11.8 Å². The van der Waals surface area contributed by atoms with Crippen LogP contribution in [0.25, 0.3) is 0 Å². The molecule has 1 heterocycles. The van der Waals surface area contributed by atoms with Crippen molar-refractivity contribution in [2.24, 2.45) is 5.92 Å². The third-order valence-electron chi connectivity index (χ3n) is 4.43. The first-order valence-corrected chi connectivity index (χ1v) is 9.81. The number of nitrogens with zero attached hydrogens (tertiary/aromatic N) is 1. The van der Waals surface area contributed by atoms with Crippen LogP contribution in [0.1, 0.15) is 38.3 Å². The molecule has 3 atom stereocenters. The Bertz CT molecular complexity index is 709. The van der Waals surface area contributed by atoms with E-state index in [2.05, 4.69) is 5.32 Å².